The first kappa shape index (κ1) is 29.3. The zero-order chi connectivity index (χ0) is 34.1. The van der Waals surface area contributed by atoms with Gasteiger partial charge < -0.3 is 10.6 Å². The Labute approximate surface area is 292 Å². The molecule has 10 rings (SSSR count). The number of benzene rings is 4. The van der Waals surface area contributed by atoms with Crippen LogP contribution < -0.4 is 10.6 Å². The summed E-state index contributed by atoms with van der Waals surface area (Å²) in [5.41, 5.74) is 12.2. The van der Waals surface area contributed by atoms with Crippen molar-refractivity contribution in [2.75, 3.05) is 10.6 Å². The molecule has 9 aromatic rings. The third-order valence-electron chi connectivity index (χ3n) is 9.81. The van der Waals surface area contributed by atoms with Crippen LogP contribution >= 0.6 is 0 Å². The van der Waals surface area contributed by atoms with E-state index in [0.29, 0.717) is 11.6 Å². The number of imidazole rings is 1. The van der Waals surface area contributed by atoms with Crippen LogP contribution in [-0.4, -0.2) is 40.1 Å². The van der Waals surface area contributed by atoms with Crippen LogP contribution in [0.3, 0.4) is 0 Å². The number of nitrogens with one attached hydrogen (secondary N) is 2. The molecule has 1 aliphatic rings. The largest absolute Gasteiger partial charge is 0.355 e. The highest BCUT2D eigenvalue weighted by atomic mass is 15.2. The smallest absolute Gasteiger partial charge is 0.240 e. The molecule has 10 nitrogen and oxygen atoms in total. The number of rotatable bonds is 6. The summed E-state index contributed by atoms with van der Waals surface area (Å²) in [6, 6.07) is 33.5. The summed E-state index contributed by atoms with van der Waals surface area (Å²) in [6.45, 7) is 4.20. The van der Waals surface area contributed by atoms with E-state index < -0.39 is 0 Å². The monoisotopic (exact) mass is 664 g/mol. The predicted octanol–water partition coefficient (Wildman–Crippen LogP) is 9.33. The summed E-state index contributed by atoms with van der Waals surface area (Å²) in [4.78, 5) is 29.5. The van der Waals surface area contributed by atoms with Gasteiger partial charge in [-0.1, -0.05) is 42.5 Å². The molecule has 1 aliphatic heterocycles. The Morgan fingerprint density at radius 3 is 2.20 bits per heavy atom. The quantitative estimate of drug-likeness (QED) is 0.182. The van der Waals surface area contributed by atoms with Crippen molar-refractivity contribution < 1.29 is 0 Å². The zero-order valence-corrected chi connectivity index (χ0v) is 28.0. The van der Waals surface area contributed by atoms with Crippen LogP contribution in [0.5, 0.6) is 0 Å². The van der Waals surface area contributed by atoms with Crippen LogP contribution in [0.4, 0.5) is 28.4 Å². The summed E-state index contributed by atoms with van der Waals surface area (Å²) in [5, 5.41) is 9.34. The van der Waals surface area contributed by atoms with E-state index in [1.54, 1.807) is 6.33 Å². The minimum atomic E-state index is -0.0452. The van der Waals surface area contributed by atoms with Crippen molar-refractivity contribution >= 4 is 73.5 Å². The van der Waals surface area contributed by atoms with E-state index >= 15 is 0 Å². The van der Waals surface area contributed by atoms with E-state index in [4.69, 9.17) is 19.9 Å². The van der Waals surface area contributed by atoms with Crippen molar-refractivity contribution in [2.45, 2.75) is 32.6 Å². The van der Waals surface area contributed by atoms with Gasteiger partial charge in [0, 0.05) is 45.5 Å². The SMILES string of the molecule is Cc1cccc(Nc2cccc3c2C(c2nc4ncnc5nc(-n6cnc7cccc(Nc8cccc(C)c8)c76)c6ccc2c6n45)CCC=N3)c1. The fraction of sp³-hybridized carbons (Fsp3) is 0.122. The molecular weight excluding hydrogens is 633 g/mol. The summed E-state index contributed by atoms with van der Waals surface area (Å²) in [7, 11) is 0. The van der Waals surface area contributed by atoms with Crippen LogP contribution in [0.25, 0.3) is 44.7 Å². The first-order chi connectivity index (χ1) is 25.1. The molecular formula is C41H32N10. The Balaban J connectivity index is 1.18. The van der Waals surface area contributed by atoms with Crippen LogP contribution in [0.1, 0.15) is 41.1 Å². The molecule has 0 saturated heterocycles. The summed E-state index contributed by atoms with van der Waals surface area (Å²) < 4.78 is 4.05. The number of aryl methyl sites for hydroxylation is 2. The maximum absolute atomic E-state index is 5.27. The lowest BCUT2D eigenvalue weighted by molar-refractivity contribution is 0.738. The van der Waals surface area contributed by atoms with Crippen LogP contribution in [0, 0.1) is 13.8 Å². The molecule has 0 bridgehead atoms. The molecule has 5 aromatic carbocycles. The number of para-hydroxylation sites is 1. The fourth-order valence-corrected chi connectivity index (χ4v) is 7.61. The van der Waals surface area contributed by atoms with Gasteiger partial charge in [-0.25, -0.2) is 24.3 Å². The molecule has 0 fully saturated rings. The maximum Gasteiger partial charge on any atom is 0.240 e. The lowest BCUT2D eigenvalue weighted by Gasteiger charge is -2.23. The molecule has 0 radical (unpaired) electrons. The lowest BCUT2D eigenvalue weighted by atomic mass is 9.87. The minimum absolute atomic E-state index is 0.0452. The Morgan fingerprint density at radius 1 is 0.686 bits per heavy atom. The first-order valence-corrected chi connectivity index (χ1v) is 17.1. The second kappa shape index (κ2) is 11.4. The Bertz CT molecular complexity index is 2810. The minimum Gasteiger partial charge on any atom is -0.355 e. The third-order valence-corrected chi connectivity index (χ3v) is 9.81. The fourth-order valence-electron chi connectivity index (χ4n) is 7.61. The molecule has 1 unspecified atom stereocenters. The number of hydrogen-bond donors (Lipinski definition) is 2. The molecule has 51 heavy (non-hydrogen) atoms. The molecule has 1 atom stereocenters. The van der Waals surface area contributed by atoms with Crippen molar-refractivity contribution in [2.24, 2.45) is 4.99 Å². The molecule has 2 N–H and O–H groups in total. The van der Waals surface area contributed by atoms with E-state index in [0.717, 1.165) is 85.7 Å². The number of fused-ring (bicyclic) bond motifs is 2. The average molecular weight is 665 g/mol. The highest BCUT2D eigenvalue weighted by Crippen LogP contribution is 2.45. The van der Waals surface area contributed by atoms with Crippen molar-refractivity contribution in [3.63, 3.8) is 0 Å². The molecule has 10 heteroatoms. The average Bonchev–Trinajstić information content (AvgIpc) is 3.72. The van der Waals surface area contributed by atoms with Gasteiger partial charge in [0.1, 0.15) is 12.7 Å². The van der Waals surface area contributed by atoms with Gasteiger partial charge in [-0.2, -0.15) is 4.98 Å². The molecule has 0 aliphatic carbocycles. The highest BCUT2D eigenvalue weighted by Gasteiger charge is 2.29. The second-order valence-electron chi connectivity index (χ2n) is 13.2. The van der Waals surface area contributed by atoms with E-state index in [1.165, 1.54) is 11.1 Å². The Kier molecular flexibility index (Phi) is 6.57. The molecule has 0 saturated carbocycles. The van der Waals surface area contributed by atoms with Gasteiger partial charge in [0.25, 0.3) is 0 Å². The highest BCUT2D eigenvalue weighted by molar-refractivity contribution is 6.06. The molecule has 5 heterocycles. The van der Waals surface area contributed by atoms with Gasteiger partial charge in [0.05, 0.1) is 33.6 Å². The van der Waals surface area contributed by atoms with Gasteiger partial charge in [-0.15, -0.1) is 0 Å². The standard InChI is InChI=1S/C41H32N10/c1-24-8-3-10-26(20-24)46-32-14-5-13-31-35(32)28(12-7-19-42-31)36-29-17-18-30-37(29)51-40(48-36)43-22-44-41(51)49-39(30)50-23-45-33-15-6-16-34(38(33)50)47-27-11-4-9-25(2)21-27/h3-6,8-11,13-23,28,46-47H,7,12H2,1-2H3. The number of anilines is 4. The number of hydrogen-bond acceptors (Lipinski definition) is 8. The van der Waals surface area contributed by atoms with Gasteiger partial charge in [0.2, 0.25) is 11.6 Å². The van der Waals surface area contributed by atoms with E-state index in [1.807, 2.05) is 29.1 Å². The van der Waals surface area contributed by atoms with Crippen molar-refractivity contribution in [1.82, 2.24) is 33.9 Å². The molecule has 0 amide bonds. The Hall–Kier alpha value is -6.68. The first-order valence-electron chi connectivity index (χ1n) is 17.1. The van der Waals surface area contributed by atoms with Crippen LogP contribution in [0.2, 0.25) is 0 Å². The van der Waals surface area contributed by atoms with E-state index in [2.05, 4.69) is 124 Å². The van der Waals surface area contributed by atoms with Gasteiger partial charge in [0.15, 0.2) is 5.82 Å². The number of nitrogens with zero attached hydrogens (tertiary/aromatic N) is 8. The number of aliphatic imine (C=N–C) groups is 1. The van der Waals surface area contributed by atoms with E-state index in [-0.39, 0.29) is 5.92 Å². The second-order valence-corrected chi connectivity index (χ2v) is 13.2. The summed E-state index contributed by atoms with van der Waals surface area (Å²) in [6.07, 6.45) is 7.10. The third kappa shape index (κ3) is 4.79. The molecule has 4 aromatic heterocycles. The zero-order valence-electron chi connectivity index (χ0n) is 28.0. The molecule has 0 spiro atoms. The predicted molar refractivity (Wildman–Crippen MR) is 204 cm³/mol. The van der Waals surface area contributed by atoms with Crippen molar-refractivity contribution in [1.29, 1.82) is 0 Å². The topological polar surface area (TPSA) is 110 Å². The normalized spacial score (nSPS) is 14.4. The number of aromatic nitrogens is 7. The maximum atomic E-state index is 5.27. The lowest BCUT2D eigenvalue weighted by Crippen LogP contribution is -2.12. The van der Waals surface area contributed by atoms with Crippen LogP contribution in [0.15, 0.2) is 115 Å². The summed E-state index contributed by atoms with van der Waals surface area (Å²) >= 11 is 0. The van der Waals surface area contributed by atoms with Gasteiger partial charge >= 0.3 is 0 Å². The van der Waals surface area contributed by atoms with Gasteiger partial charge in [-0.3, -0.25) is 9.56 Å². The van der Waals surface area contributed by atoms with Crippen molar-refractivity contribution in [3.8, 4) is 5.82 Å². The van der Waals surface area contributed by atoms with Crippen LogP contribution in [-0.2, 0) is 0 Å². The Morgan fingerprint density at radius 2 is 1.39 bits per heavy atom. The van der Waals surface area contributed by atoms with Gasteiger partial charge in [-0.05, 0) is 92.4 Å². The molecule has 246 valence electrons. The van der Waals surface area contributed by atoms with Crippen molar-refractivity contribution in [3.05, 3.63) is 132 Å². The summed E-state index contributed by atoms with van der Waals surface area (Å²) in [5.74, 6) is 1.78. The van der Waals surface area contributed by atoms with E-state index in [9.17, 15) is 0 Å².